The molecule has 1 saturated carbocycles. The van der Waals surface area contributed by atoms with Gasteiger partial charge in [0.1, 0.15) is 0 Å². The van der Waals surface area contributed by atoms with Gasteiger partial charge in [-0.25, -0.2) is 0 Å². The van der Waals surface area contributed by atoms with E-state index in [1.165, 1.54) is 29.4 Å². The SMILES string of the molecule is O/N=C1\CCCC12CCn1c(cc3ccccc31)C2. The molecule has 1 N–H and O–H groups in total. The summed E-state index contributed by atoms with van der Waals surface area (Å²) in [4.78, 5) is 0. The van der Waals surface area contributed by atoms with Crippen LogP contribution < -0.4 is 0 Å². The Morgan fingerprint density at radius 2 is 2.11 bits per heavy atom. The van der Waals surface area contributed by atoms with E-state index in [4.69, 9.17) is 0 Å². The van der Waals surface area contributed by atoms with Crippen LogP contribution in [0.5, 0.6) is 0 Å². The Bertz CT molecular complexity index is 670. The van der Waals surface area contributed by atoms with Gasteiger partial charge in [-0.2, -0.15) is 0 Å². The van der Waals surface area contributed by atoms with Gasteiger partial charge in [0.05, 0.1) is 5.71 Å². The molecule has 98 valence electrons. The van der Waals surface area contributed by atoms with E-state index in [-0.39, 0.29) is 5.41 Å². The average molecular weight is 254 g/mol. The van der Waals surface area contributed by atoms with E-state index in [1.54, 1.807) is 0 Å². The molecule has 3 nitrogen and oxygen atoms in total. The molecule has 0 radical (unpaired) electrons. The van der Waals surface area contributed by atoms with E-state index >= 15 is 0 Å². The largest absolute Gasteiger partial charge is 0.411 e. The highest BCUT2D eigenvalue weighted by Crippen LogP contribution is 2.45. The van der Waals surface area contributed by atoms with E-state index < -0.39 is 0 Å². The van der Waals surface area contributed by atoms with Gasteiger partial charge in [0.25, 0.3) is 0 Å². The summed E-state index contributed by atoms with van der Waals surface area (Å²) in [5.74, 6) is 0. The lowest BCUT2D eigenvalue weighted by Gasteiger charge is -2.34. The molecule has 1 aliphatic carbocycles. The first-order valence-electron chi connectivity index (χ1n) is 7.11. The van der Waals surface area contributed by atoms with Crippen molar-refractivity contribution in [3.63, 3.8) is 0 Å². The van der Waals surface area contributed by atoms with Crippen LogP contribution in [0.2, 0.25) is 0 Å². The van der Waals surface area contributed by atoms with Crippen LogP contribution >= 0.6 is 0 Å². The van der Waals surface area contributed by atoms with Crippen molar-refractivity contribution in [3.8, 4) is 0 Å². The predicted octanol–water partition coefficient (Wildman–Crippen LogP) is 3.59. The maximum atomic E-state index is 9.25. The molecule has 1 atom stereocenters. The van der Waals surface area contributed by atoms with Gasteiger partial charge in [-0.15, -0.1) is 0 Å². The van der Waals surface area contributed by atoms with Gasteiger partial charge in [-0.05, 0) is 49.6 Å². The van der Waals surface area contributed by atoms with Crippen LogP contribution in [-0.2, 0) is 13.0 Å². The van der Waals surface area contributed by atoms with Crippen molar-refractivity contribution in [2.75, 3.05) is 0 Å². The second kappa shape index (κ2) is 3.86. The molecule has 4 rings (SSSR count). The van der Waals surface area contributed by atoms with Gasteiger partial charge >= 0.3 is 0 Å². The number of benzene rings is 1. The van der Waals surface area contributed by atoms with Crippen molar-refractivity contribution in [1.29, 1.82) is 0 Å². The molecule has 1 spiro atoms. The van der Waals surface area contributed by atoms with E-state index in [9.17, 15) is 5.21 Å². The molecule has 3 heteroatoms. The van der Waals surface area contributed by atoms with Gasteiger partial charge in [-0.3, -0.25) is 0 Å². The lowest BCUT2D eigenvalue weighted by molar-refractivity contribution is 0.279. The Labute approximate surface area is 112 Å². The first-order valence-corrected chi connectivity index (χ1v) is 7.11. The van der Waals surface area contributed by atoms with Crippen molar-refractivity contribution < 1.29 is 5.21 Å². The molecule has 1 aliphatic heterocycles. The smallest absolute Gasteiger partial charge is 0.0636 e. The molecule has 1 fully saturated rings. The summed E-state index contributed by atoms with van der Waals surface area (Å²) in [6.07, 6.45) is 5.45. The molecule has 0 saturated heterocycles. The van der Waals surface area contributed by atoms with Crippen molar-refractivity contribution in [2.24, 2.45) is 10.6 Å². The third kappa shape index (κ3) is 1.47. The summed E-state index contributed by atoms with van der Waals surface area (Å²) in [6.45, 7) is 1.04. The highest BCUT2D eigenvalue weighted by Gasteiger charge is 2.43. The topological polar surface area (TPSA) is 37.5 Å². The standard InChI is InChI=1S/C16H18N2O/c19-17-15-6-3-7-16(15)8-9-18-13(11-16)10-12-4-1-2-5-14(12)18/h1-2,4-5,10,19H,3,6-9,11H2/b17-15+. The maximum Gasteiger partial charge on any atom is 0.0636 e. The second-order valence-corrected chi connectivity index (χ2v) is 5.95. The molecular formula is C16H18N2O. The molecule has 0 bridgehead atoms. The zero-order valence-corrected chi connectivity index (χ0v) is 11.0. The van der Waals surface area contributed by atoms with Gasteiger partial charge in [0, 0.05) is 23.2 Å². The number of hydrogen-bond acceptors (Lipinski definition) is 2. The zero-order chi connectivity index (χ0) is 12.9. The minimum Gasteiger partial charge on any atom is -0.411 e. The summed E-state index contributed by atoms with van der Waals surface area (Å²) in [5.41, 5.74) is 3.91. The monoisotopic (exact) mass is 254 g/mol. The Morgan fingerprint density at radius 1 is 1.21 bits per heavy atom. The minimum absolute atomic E-state index is 0.138. The van der Waals surface area contributed by atoms with Gasteiger partial charge in [-0.1, -0.05) is 23.4 Å². The fraction of sp³-hybridized carbons (Fsp3) is 0.438. The number of aromatic nitrogens is 1. The third-order valence-electron chi connectivity index (χ3n) is 5.03. The lowest BCUT2D eigenvalue weighted by atomic mass is 9.75. The molecule has 2 aliphatic rings. The molecule has 1 unspecified atom stereocenters. The fourth-order valence-corrected chi connectivity index (χ4v) is 4.06. The Morgan fingerprint density at radius 3 is 3.00 bits per heavy atom. The zero-order valence-electron chi connectivity index (χ0n) is 11.0. The average Bonchev–Trinajstić information content (AvgIpc) is 2.99. The molecule has 2 heterocycles. The fourth-order valence-electron chi connectivity index (χ4n) is 4.06. The van der Waals surface area contributed by atoms with Gasteiger partial charge < -0.3 is 9.77 Å². The third-order valence-corrected chi connectivity index (χ3v) is 5.03. The quantitative estimate of drug-likeness (QED) is 0.566. The van der Waals surface area contributed by atoms with Gasteiger partial charge in [0.15, 0.2) is 0 Å². The van der Waals surface area contributed by atoms with Crippen LogP contribution in [0.1, 0.15) is 31.4 Å². The van der Waals surface area contributed by atoms with E-state index in [1.807, 2.05) is 0 Å². The first kappa shape index (κ1) is 11.1. The van der Waals surface area contributed by atoms with Crippen LogP contribution in [0.25, 0.3) is 10.9 Å². The molecule has 19 heavy (non-hydrogen) atoms. The van der Waals surface area contributed by atoms with E-state index in [0.717, 1.165) is 31.5 Å². The Balaban J connectivity index is 1.82. The summed E-state index contributed by atoms with van der Waals surface area (Å²) >= 11 is 0. The van der Waals surface area contributed by atoms with Crippen LogP contribution in [0.3, 0.4) is 0 Å². The summed E-state index contributed by atoms with van der Waals surface area (Å²) in [7, 11) is 0. The first-order chi connectivity index (χ1) is 9.32. The molecule has 2 aromatic rings. The van der Waals surface area contributed by atoms with E-state index in [0.29, 0.717) is 0 Å². The molecule has 1 aromatic heterocycles. The number of rotatable bonds is 0. The van der Waals surface area contributed by atoms with Crippen molar-refractivity contribution in [1.82, 2.24) is 4.57 Å². The normalized spacial score (nSPS) is 28.3. The summed E-state index contributed by atoms with van der Waals surface area (Å²) in [5, 5.41) is 14.2. The highest BCUT2D eigenvalue weighted by atomic mass is 16.4. The number of para-hydroxylation sites is 1. The Kier molecular flexibility index (Phi) is 2.25. The minimum atomic E-state index is 0.138. The van der Waals surface area contributed by atoms with Crippen molar-refractivity contribution in [2.45, 2.75) is 38.6 Å². The van der Waals surface area contributed by atoms with Crippen molar-refractivity contribution >= 4 is 16.6 Å². The van der Waals surface area contributed by atoms with Crippen LogP contribution in [0, 0.1) is 5.41 Å². The van der Waals surface area contributed by atoms with Crippen LogP contribution in [-0.4, -0.2) is 15.5 Å². The number of nitrogens with zero attached hydrogens (tertiary/aromatic N) is 2. The van der Waals surface area contributed by atoms with E-state index in [2.05, 4.69) is 40.1 Å². The van der Waals surface area contributed by atoms with Crippen LogP contribution in [0.4, 0.5) is 0 Å². The highest BCUT2D eigenvalue weighted by molar-refractivity contribution is 5.92. The summed E-state index contributed by atoms with van der Waals surface area (Å²) in [6, 6.07) is 10.9. The lowest BCUT2D eigenvalue weighted by Crippen LogP contribution is -2.34. The number of fused-ring (bicyclic) bond motifs is 3. The number of aryl methyl sites for hydroxylation is 1. The second-order valence-electron chi connectivity index (χ2n) is 5.95. The van der Waals surface area contributed by atoms with Crippen molar-refractivity contribution in [3.05, 3.63) is 36.0 Å². The predicted molar refractivity (Wildman–Crippen MR) is 75.8 cm³/mol. The van der Waals surface area contributed by atoms with Crippen LogP contribution in [0.15, 0.2) is 35.5 Å². The van der Waals surface area contributed by atoms with Gasteiger partial charge in [0.2, 0.25) is 0 Å². The molecular weight excluding hydrogens is 236 g/mol. The molecule has 1 aromatic carbocycles. The number of hydrogen-bond donors (Lipinski definition) is 1. The number of oxime groups is 1. The molecule has 0 amide bonds. The summed E-state index contributed by atoms with van der Waals surface area (Å²) < 4.78 is 2.44. The Hall–Kier alpha value is -1.77. The maximum absolute atomic E-state index is 9.25.